The minimum atomic E-state index is -0.706. The van der Waals surface area contributed by atoms with Gasteiger partial charge in [-0.15, -0.1) is 0 Å². The van der Waals surface area contributed by atoms with Gasteiger partial charge >= 0.3 is 11.9 Å². The molecule has 130 valence electrons. The summed E-state index contributed by atoms with van der Waals surface area (Å²) in [7, 11) is 1.89. The number of hydrogen-bond donors (Lipinski definition) is 0. The van der Waals surface area contributed by atoms with Crippen molar-refractivity contribution in [3.63, 3.8) is 0 Å². The summed E-state index contributed by atoms with van der Waals surface area (Å²) in [5.74, 6) is -0.827. The Morgan fingerprint density at radius 3 is 1.96 bits per heavy atom. The van der Waals surface area contributed by atoms with Gasteiger partial charge in [0, 0.05) is 7.05 Å². The highest BCUT2D eigenvalue weighted by atomic mass is 16.6. The van der Waals surface area contributed by atoms with Crippen LogP contribution in [0.2, 0.25) is 0 Å². The first-order valence-electron chi connectivity index (χ1n) is 7.75. The van der Waals surface area contributed by atoms with Crippen LogP contribution in [0.5, 0.6) is 0 Å². The number of ether oxygens (including phenoxy) is 3. The van der Waals surface area contributed by atoms with Crippen LogP contribution in [0.1, 0.15) is 41.5 Å². The fourth-order valence-corrected chi connectivity index (χ4v) is 1.83. The van der Waals surface area contributed by atoms with Gasteiger partial charge in [-0.1, -0.05) is 0 Å². The van der Waals surface area contributed by atoms with Gasteiger partial charge in [0.25, 0.3) is 0 Å². The third-order valence-electron chi connectivity index (χ3n) is 3.33. The summed E-state index contributed by atoms with van der Waals surface area (Å²) in [5, 5.41) is 0. The molecule has 0 saturated carbocycles. The second-order valence-electron chi connectivity index (χ2n) is 6.65. The Labute approximate surface area is 138 Å². The second kappa shape index (κ2) is 7.53. The molecule has 1 fully saturated rings. The van der Waals surface area contributed by atoms with Gasteiger partial charge in [-0.05, 0) is 53.7 Å². The third-order valence-corrected chi connectivity index (χ3v) is 3.33. The zero-order valence-electron chi connectivity index (χ0n) is 15.0. The van der Waals surface area contributed by atoms with Crippen LogP contribution in [0.15, 0.2) is 23.6 Å². The van der Waals surface area contributed by atoms with E-state index in [0.717, 1.165) is 0 Å². The van der Waals surface area contributed by atoms with Gasteiger partial charge in [-0.2, -0.15) is 0 Å². The zero-order valence-corrected chi connectivity index (χ0v) is 15.0. The summed E-state index contributed by atoms with van der Waals surface area (Å²) in [6.45, 7) is 11.5. The topological polar surface area (TPSA) is 65.1 Å². The largest absolute Gasteiger partial charge is 0.477 e. The van der Waals surface area contributed by atoms with E-state index in [-0.39, 0.29) is 23.3 Å². The van der Waals surface area contributed by atoms with Gasteiger partial charge in [-0.25, -0.2) is 9.59 Å². The Bertz CT molecular complexity index is 493. The molecule has 0 amide bonds. The van der Waals surface area contributed by atoms with Crippen molar-refractivity contribution in [2.75, 3.05) is 13.7 Å². The number of hydrogen-bond acceptors (Lipinski definition) is 6. The highest BCUT2D eigenvalue weighted by Crippen LogP contribution is 2.27. The van der Waals surface area contributed by atoms with Crippen LogP contribution >= 0.6 is 0 Å². The molecule has 1 aliphatic heterocycles. The number of allylic oxidation sites excluding steroid dienone is 2. The molecule has 0 aromatic heterocycles. The monoisotopic (exact) mass is 325 g/mol. The van der Waals surface area contributed by atoms with Crippen LogP contribution in [-0.2, 0) is 23.8 Å². The predicted octanol–water partition coefficient (Wildman–Crippen LogP) is 2.40. The lowest BCUT2D eigenvalue weighted by Gasteiger charge is -2.25. The summed E-state index contributed by atoms with van der Waals surface area (Å²) in [6.07, 6.45) is 2.33. The Hall–Kier alpha value is -1.98. The van der Waals surface area contributed by atoms with Crippen molar-refractivity contribution in [3.8, 4) is 0 Å². The van der Waals surface area contributed by atoms with E-state index in [4.69, 9.17) is 14.2 Å². The fourth-order valence-electron chi connectivity index (χ4n) is 1.83. The van der Waals surface area contributed by atoms with E-state index in [1.54, 1.807) is 33.8 Å². The molecule has 1 saturated heterocycles. The quantitative estimate of drug-likeness (QED) is 0.335. The lowest BCUT2D eigenvalue weighted by molar-refractivity contribution is -0.150. The van der Waals surface area contributed by atoms with E-state index in [1.807, 2.05) is 25.8 Å². The minimum Gasteiger partial charge on any atom is -0.477 e. The summed E-state index contributed by atoms with van der Waals surface area (Å²) in [5.41, 5.74) is -0.293. The SMILES string of the molecule is CC(C)OC(=O)C(=C/C=C1\OCC(C)(C)N1C)C(=O)OC(C)C. The number of esters is 2. The van der Waals surface area contributed by atoms with Gasteiger partial charge in [-0.3, -0.25) is 0 Å². The van der Waals surface area contributed by atoms with E-state index < -0.39 is 11.9 Å². The van der Waals surface area contributed by atoms with E-state index in [1.165, 1.54) is 6.08 Å². The van der Waals surface area contributed by atoms with Crippen molar-refractivity contribution >= 4 is 11.9 Å². The Balaban J connectivity index is 3.04. The maximum Gasteiger partial charge on any atom is 0.345 e. The predicted molar refractivity (Wildman–Crippen MR) is 86.4 cm³/mol. The molecule has 23 heavy (non-hydrogen) atoms. The molecule has 1 rings (SSSR count). The molecule has 1 heterocycles. The Morgan fingerprint density at radius 1 is 1.13 bits per heavy atom. The molecule has 1 aliphatic rings. The molecule has 0 radical (unpaired) electrons. The summed E-state index contributed by atoms with van der Waals surface area (Å²) in [6, 6.07) is 0. The Morgan fingerprint density at radius 2 is 1.61 bits per heavy atom. The molecule has 0 atom stereocenters. The smallest absolute Gasteiger partial charge is 0.345 e. The van der Waals surface area contributed by atoms with Crippen LogP contribution in [-0.4, -0.2) is 48.2 Å². The molecule has 0 aromatic rings. The molecule has 6 heteroatoms. The molecular weight excluding hydrogens is 298 g/mol. The normalized spacial score (nSPS) is 18.1. The Kier molecular flexibility index (Phi) is 6.24. The summed E-state index contributed by atoms with van der Waals surface area (Å²) in [4.78, 5) is 26.2. The first-order chi connectivity index (χ1) is 10.5. The van der Waals surface area contributed by atoms with Crippen LogP contribution in [0.4, 0.5) is 0 Å². The average Bonchev–Trinajstić information content (AvgIpc) is 2.64. The molecule has 0 spiro atoms. The van der Waals surface area contributed by atoms with Crippen molar-refractivity contribution in [2.24, 2.45) is 0 Å². The summed E-state index contributed by atoms with van der Waals surface area (Å²) >= 11 is 0. The van der Waals surface area contributed by atoms with E-state index >= 15 is 0 Å². The number of rotatable bonds is 5. The van der Waals surface area contributed by atoms with Gasteiger partial charge < -0.3 is 19.1 Å². The van der Waals surface area contributed by atoms with Crippen molar-refractivity contribution in [1.82, 2.24) is 4.90 Å². The minimum absolute atomic E-state index is 0.142. The van der Waals surface area contributed by atoms with E-state index in [2.05, 4.69) is 0 Å². The first kappa shape index (κ1) is 19.1. The molecule has 0 unspecified atom stereocenters. The van der Waals surface area contributed by atoms with Crippen LogP contribution in [0.25, 0.3) is 0 Å². The molecule has 0 N–H and O–H groups in total. The third kappa shape index (κ3) is 5.30. The van der Waals surface area contributed by atoms with Crippen LogP contribution in [0, 0.1) is 0 Å². The zero-order chi connectivity index (χ0) is 17.8. The van der Waals surface area contributed by atoms with Gasteiger partial charge in [0.1, 0.15) is 12.2 Å². The van der Waals surface area contributed by atoms with Crippen molar-refractivity contribution in [3.05, 3.63) is 23.6 Å². The maximum absolute atomic E-state index is 12.1. The standard InChI is InChI=1S/C17H27NO5/c1-11(2)22-15(19)13(16(20)23-12(3)4)8-9-14-18(7)17(5,6)10-21-14/h8-9,11-12H,10H2,1-7H3/b14-9-. The highest BCUT2D eigenvalue weighted by Gasteiger charge is 2.33. The summed E-state index contributed by atoms with van der Waals surface area (Å²) < 4.78 is 15.8. The van der Waals surface area contributed by atoms with Crippen LogP contribution in [0.3, 0.4) is 0 Å². The number of likely N-dealkylation sites (N-methyl/N-ethyl adjacent to an activating group) is 1. The molecule has 0 aromatic carbocycles. The average molecular weight is 325 g/mol. The highest BCUT2D eigenvalue weighted by molar-refractivity contribution is 6.14. The van der Waals surface area contributed by atoms with Crippen molar-refractivity contribution < 1.29 is 23.8 Å². The fraction of sp³-hybridized carbons (Fsp3) is 0.647. The van der Waals surface area contributed by atoms with Crippen molar-refractivity contribution in [2.45, 2.75) is 59.3 Å². The van der Waals surface area contributed by atoms with E-state index in [9.17, 15) is 9.59 Å². The van der Waals surface area contributed by atoms with Crippen LogP contribution < -0.4 is 0 Å². The van der Waals surface area contributed by atoms with E-state index in [0.29, 0.717) is 12.5 Å². The second-order valence-corrected chi connectivity index (χ2v) is 6.65. The molecule has 0 bridgehead atoms. The lowest BCUT2D eigenvalue weighted by Crippen LogP contribution is -2.36. The number of nitrogens with zero attached hydrogens (tertiary/aromatic N) is 1. The molecular formula is C17H27NO5. The molecule has 6 nitrogen and oxygen atoms in total. The maximum atomic E-state index is 12.1. The van der Waals surface area contributed by atoms with Crippen molar-refractivity contribution in [1.29, 1.82) is 0 Å². The van der Waals surface area contributed by atoms with Gasteiger partial charge in [0.2, 0.25) is 0 Å². The number of carbonyl (C=O) groups is 2. The lowest BCUT2D eigenvalue weighted by atomic mass is 10.1. The van der Waals surface area contributed by atoms with Gasteiger partial charge in [0.05, 0.1) is 17.7 Å². The van der Waals surface area contributed by atoms with Gasteiger partial charge in [0.15, 0.2) is 5.88 Å². The number of carbonyl (C=O) groups excluding carboxylic acids is 2. The molecule has 0 aliphatic carbocycles. The first-order valence-corrected chi connectivity index (χ1v) is 7.75.